The Balaban J connectivity index is 2.77. The lowest BCUT2D eigenvalue weighted by Crippen LogP contribution is -2.31. The molecule has 0 aliphatic rings. The molecule has 106 valence electrons. The van der Waals surface area contributed by atoms with Gasteiger partial charge in [-0.3, -0.25) is 4.79 Å². The second kappa shape index (κ2) is 6.06. The van der Waals surface area contributed by atoms with Crippen LogP contribution in [0.3, 0.4) is 0 Å². The Bertz CT molecular complexity index is 449. The van der Waals surface area contributed by atoms with E-state index < -0.39 is 12.0 Å². The molecule has 0 radical (unpaired) electrons. The molecule has 0 aliphatic heterocycles. The van der Waals surface area contributed by atoms with Crippen molar-refractivity contribution in [2.24, 2.45) is 5.73 Å². The van der Waals surface area contributed by atoms with E-state index in [1.807, 2.05) is 13.0 Å². The van der Waals surface area contributed by atoms with E-state index >= 15 is 0 Å². The highest BCUT2D eigenvalue weighted by atomic mass is 16.5. The summed E-state index contributed by atoms with van der Waals surface area (Å²) in [5.41, 5.74) is 7.67. The molecular formula is C15H23NO3. The number of benzene rings is 1. The maximum Gasteiger partial charge on any atom is 0.320 e. The number of nitrogens with two attached hydrogens (primary N) is 1. The normalized spacial score (nSPS) is 13.1. The van der Waals surface area contributed by atoms with Crippen LogP contribution < -0.4 is 10.5 Å². The Morgan fingerprint density at radius 3 is 2.58 bits per heavy atom. The average molecular weight is 265 g/mol. The standard InChI is InChI=1S/C15H23NO3/c1-10-5-6-11(15(2,3)4)13(9-10)19-8-7-12(16)14(17)18/h5-6,9,12H,7-8,16H2,1-4H3,(H,17,18). The highest BCUT2D eigenvalue weighted by Gasteiger charge is 2.19. The van der Waals surface area contributed by atoms with Crippen LogP contribution in [0.1, 0.15) is 38.3 Å². The molecule has 1 unspecified atom stereocenters. The summed E-state index contributed by atoms with van der Waals surface area (Å²) < 4.78 is 5.72. The van der Waals surface area contributed by atoms with Gasteiger partial charge in [-0.1, -0.05) is 32.9 Å². The molecule has 0 spiro atoms. The Labute approximate surface area is 114 Å². The molecule has 4 heteroatoms. The molecule has 1 rings (SSSR count). The molecule has 4 nitrogen and oxygen atoms in total. The third-order valence-electron chi connectivity index (χ3n) is 2.95. The highest BCUT2D eigenvalue weighted by Crippen LogP contribution is 2.32. The molecule has 0 saturated carbocycles. The molecule has 0 bridgehead atoms. The van der Waals surface area contributed by atoms with Gasteiger partial charge in [-0.15, -0.1) is 0 Å². The van der Waals surface area contributed by atoms with Crippen LogP contribution in [0, 0.1) is 6.92 Å². The van der Waals surface area contributed by atoms with E-state index in [9.17, 15) is 4.79 Å². The number of rotatable bonds is 5. The van der Waals surface area contributed by atoms with Crippen LogP contribution >= 0.6 is 0 Å². The second-order valence-corrected chi connectivity index (χ2v) is 5.83. The van der Waals surface area contributed by atoms with Crippen LogP contribution in [-0.2, 0) is 10.2 Å². The monoisotopic (exact) mass is 265 g/mol. The van der Waals surface area contributed by atoms with E-state index in [0.29, 0.717) is 13.0 Å². The van der Waals surface area contributed by atoms with Crippen molar-refractivity contribution >= 4 is 5.97 Å². The largest absolute Gasteiger partial charge is 0.493 e. The van der Waals surface area contributed by atoms with Gasteiger partial charge in [-0.25, -0.2) is 0 Å². The predicted molar refractivity (Wildman–Crippen MR) is 75.6 cm³/mol. The number of carbonyl (C=O) groups is 1. The molecule has 0 amide bonds. The van der Waals surface area contributed by atoms with Gasteiger partial charge in [-0.2, -0.15) is 0 Å². The lowest BCUT2D eigenvalue weighted by molar-refractivity contribution is -0.138. The Morgan fingerprint density at radius 2 is 2.05 bits per heavy atom. The molecule has 0 saturated heterocycles. The summed E-state index contributed by atoms with van der Waals surface area (Å²) in [5.74, 6) is -0.186. The van der Waals surface area contributed by atoms with Crippen LogP contribution in [0.4, 0.5) is 0 Å². The van der Waals surface area contributed by atoms with Gasteiger partial charge in [0.2, 0.25) is 0 Å². The van der Waals surface area contributed by atoms with E-state index in [4.69, 9.17) is 15.6 Å². The number of hydrogen-bond acceptors (Lipinski definition) is 3. The highest BCUT2D eigenvalue weighted by molar-refractivity contribution is 5.72. The fourth-order valence-corrected chi connectivity index (χ4v) is 1.79. The molecule has 1 aromatic carbocycles. The molecule has 0 aliphatic carbocycles. The molecule has 0 heterocycles. The van der Waals surface area contributed by atoms with Crippen molar-refractivity contribution in [1.82, 2.24) is 0 Å². The minimum absolute atomic E-state index is 0.0159. The first-order chi connectivity index (χ1) is 8.71. The van der Waals surface area contributed by atoms with Crippen LogP contribution in [0.5, 0.6) is 5.75 Å². The van der Waals surface area contributed by atoms with Crippen LogP contribution in [-0.4, -0.2) is 23.7 Å². The zero-order chi connectivity index (χ0) is 14.6. The molecule has 0 aromatic heterocycles. The lowest BCUT2D eigenvalue weighted by atomic mass is 9.86. The molecular weight excluding hydrogens is 242 g/mol. The third-order valence-corrected chi connectivity index (χ3v) is 2.95. The number of hydrogen-bond donors (Lipinski definition) is 2. The number of ether oxygens (including phenoxy) is 1. The number of aryl methyl sites for hydroxylation is 1. The Hall–Kier alpha value is -1.55. The molecule has 19 heavy (non-hydrogen) atoms. The van der Waals surface area contributed by atoms with Gasteiger partial charge in [-0.05, 0) is 29.5 Å². The fourth-order valence-electron chi connectivity index (χ4n) is 1.79. The van der Waals surface area contributed by atoms with E-state index in [2.05, 4.69) is 32.9 Å². The van der Waals surface area contributed by atoms with Gasteiger partial charge < -0.3 is 15.6 Å². The summed E-state index contributed by atoms with van der Waals surface area (Å²) >= 11 is 0. The van der Waals surface area contributed by atoms with Gasteiger partial charge in [0.15, 0.2) is 0 Å². The van der Waals surface area contributed by atoms with Crippen molar-refractivity contribution < 1.29 is 14.6 Å². The quantitative estimate of drug-likeness (QED) is 0.857. The van der Waals surface area contributed by atoms with E-state index in [1.165, 1.54) is 0 Å². The minimum atomic E-state index is -0.996. The lowest BCUT2D eigenvalue weighted by Gasteiger charge is -2.23. The van der Waals surface area contributed by atoms with Crippen molar-refractivity contribution in [2.45, 2.75) is 45.6 Å². The number of aliphatic carboxylic acids is 1. The molecule has 0 fully saturated rings. The first-order valence-corrected chi connectivity index (χ1v) is 6.44. The van der Waals surface area contributed by atoms with Gasteiger partial charge in [0.25, 0.3) is 0 Å². The zero-order valence-corrected chi connectivity index (χ0v) is 12.1. The van der Waals surface area contributed by atoms with Crippen molar-refractivity contribution in [3.05, 3.63) is 29.3 Å². The fraction of sp³-hybridized carbons (Fsp3) is 0.533. The van der Waals surface area contributed by atoms with Crippen LogP contribution in [0.25, 0.3) is 0 Å². The first kappa shape index (κ1) is 15.5. The van der Waals surface area contributed by atoms with Gasteiger partial charge >= 0.3 is 5.97 Å². The first-order valence-electron chi connectivity index (χ1n) is 6.44. The summed E-state index contributed by atoms with van der Waals surface area (Å²) in [5, 5.41) is 8.73. The van der Waals surface area contributed by atoms with Gasteiger partial charge in [0.1, 0.15) is 11.8 Å². The minimum Gasteiger partial charge on any atom is -0.493 e. The summed E-state index contributed by atoms with van der Waals surface area (Å²) in [7, 11) is 0. The van der Waals surface area contributed by atoms with E-state index in [0.717, 1.165) is 16.9 Å². The zero-order valence-electron chi connectivity index (χ0n) is 12.1. The third kappa shape index (κ3) is 4.56. The second-order valence-electron chi connectivity index (χ2n) is 5.83. The van der Waals surface area contributed by atoms with Crippen molar-refractivity contribution in [3.63, 3.8) is 0 Å². The van der Waals surface area contributed by atoms with Gasteiger partial charge in [0, 0.05) is 6.42 Å². The maximum absolute atomic E-state index is 10.6. The maximum atomic E-state index is 10.6. The van der Waals surface area contributed by atoms with Crippen molar-refractivity contribution in [1.29, 1.82) is 0 Å². The number of carboxylic acids is 1. The number of carboxylic acid groups (broad SMARTS) is 1. The topological polar surface area (TPSA) is 72.5 Å². The summed E-state index contributed by atoms with van der Waals surface area (Å²) in [6.45, 7) is 8.66. The smallest absolute Gasteiger partial charge is 0.320 e. The van der Waals surface area contributed by atoms with E-state index in [1.54, 1.807) is 0 Å². The summed E-state index contributed by atoms with van der Waals surface area (Å²) in [6.07, 6.45) is 0.298. The summed E-state index contributed by atoms with van der Waals surface area (Å²) in [6, 6.07) is 5.22. The van der Waals surface area contributed by atoms with Gasteiger partial charge in [0.05, 0.1) is 6.61 Å². The Morgan fingerprint density at radius 1 is 1.42 bits per heavy atom. The SMILES string of the molecule is Cc1ccc(C(C)(C)C)c(OCCC(N)C(=O)O)c1. The van der Waals surface area contributed by atoms with E-state index in [-0.39, 0.29) is 5.41 Å². The van der Waals surface area contributed by atoms with Crippen molar-refractivity contribution in [3.8, 4) is 5.75 Å². The molecule has 1 aromatic rings. The van der Waals surface area contributed by atoms with Crippen molar-refractivity contribution in [2.75, 3.05) is 6.61 Å². The Kier molecular flexibility index (Phi) is 4.95. The average Bonchev–Trinajstić information content (AvgIpc) is 2.27. The molecule has 1 atom stereocenters. The predicted octanol–water partition coefficient (Wildman–Crippen LogP) is 2.47. The summed E-state index contributed by atoms with van der Waals surface area (Å²) in [4.78, 5) is 10.6. The molecule has 3 N–H and O–H groups in total. The van der Waals surface area contributed by atoms with Crippen LogP contribution in [0.15, 0.2) is 18.2 Å². The van der Waals surface area contributed by atoms with Crippen LogP contribution in [0.2, 0.25) is 0 Å².